The van der Waals surface area contributed by atoms with Gasteiger partial charge < -0.3 is 23.4 Å². The normalized spacial score (nSPS) is 16.5. The van der Waals surface area contributed by atoms with Gasteiger partial charge in [-0.15, -0.1) is 0 Å². The van der Waals surface area contributed by atoms with E-state index in [4.69, 9.17) is 18.3 Å². The van der Waals surface area contributed by atoms with Crippen LogP contribution in [0, 0.1) is 17.8 Å². The summed E-state index contributed by atoms with van der Waals surface area (Å²) in [4.78, 5) is 0. The molecule has 0 aliphatic heterocycles. The third-order valence-electron chi connectivity index (χ3n) is 7.75. The van der Waals surface area contributed by atoms with Crippen molar-refractivity contribution in [2.75, 3.05) is 13.4 Å². The minimum atomic E-state index is -2.07. The fourth-order valence-electron chi connectivity index (χ4n) is 2.94. The molecule has 1 rings (SSSR count). The first-order chi connectivity index (χ1) is 16.9. The molecule has 0 aliphatic rings. The predicted octanol–water partition coefficient (Wildman–Crippen LogP) is 7.37. The van der Waals surface area contributed by atoms with Gasteiger partial charge in [-0.3, -0.25) is 0 Å². The molecule has 0 bridgehead atoms. The molecule has 0 saturated carbocycles. The molecule has 0 aromatic heterocycles. The fourth-order valence-corrected chi connectivity index (χ4v) is 5.34. The van der Waals surface area contributed by atoms with Crippen LogP contribution in [-0.2, 0) is 24.9 Å². The first kappa shape index (κ1) is 34.0. The monoisotopic (exact) mass is 550 g/mol. The lowest BCUT2D eigenvalue weighted by molar-refractivity contribution is -0.0972. The Bertz CT molecular complexity index is 847. The average Bonchev–Trinajstić information content (AvgIpc) is 2.77. The van der Waals surface area contributed by atoms with Gasteiger partial charge in [-0.1, -0.05) is 90.6 Å². The highest BCUT2D eigenvalue weighted by Crippen LogP contribution is 2.39. The van der Waals surface area contributed by atoms with Gasteiger partial charge in [0.1, 0.15) is 19.0 Å². The van der Waals surface area contributed by atoms with Crippen LogP contribution in [0.5, 0.6) is 0 Å². The minimum Gasteiger partial charge on any atom is -0.416 e. The fraction of sp³-hybridized carbons (Fsp3) is 0.733. The van der Waals surface area contributed by atoms with Crippen LogP contribution < -0.4 is 0 Å². The molecule has 212 valence electrons. The molecule has 0 aliphatic carbocycles. The van der Waals surface area contributed by atoms with E-state index in [9.17, 15) is 5.11 Å². The summed E-state index contributed by atoms with van der Waals surface area (Å²) in [6.07, 6.45) is -0.878. The summed E-state index contributed by atoms with van der Waals surface area (Å²) in [7, 11) is -3.95. The van der Waals surface area contributed by atoms with Gasteiger partial charge in [0.25, 0.3) is 0 Å². The summed E-state index contributed by atoms with van der Waals surface area (Å²) >= 11 is 0. The highest BCUT2D eigenvalue weighted by Gasteiger charge is 2.41. The Kier molecular flexibility index (Phi) is 13.3. The zero-order valence-electron chi connectivity index (χ0n) is 25.6. The molecule has 0 spiro atoms. The van der Waals surface area contributed by atoms with Crippen LogP contribution >= 0.6 is 0 Å². The number of aliphatic hydroxyl groups excluding tert-OH is 1. The zero-order valence-corrected chi connectivity index (χ0v) is 27.6. The Labute approximate surface area is 229 Å². The minimum absolute atomic E-state index is 0.0632. The van der Waals surface area contributed by atoms with Crippen LogP contribution in [0.3, 0.4) is 0 Å². The summed E-state index contributed by atoms with van der Waals surface area (Å²) < 4.78 is 24.6. The highest BCUT2D eigenvalue weighted by atomic mass is 28.4. The standard InChI is InChI=1S/C30H54O5Si2/c1-24(21-34-36(9,10)29(3,4)5)28(35-37(11,12)30(6,7)8)19-18-27(31)20-25(2)33-23-32-22-26-16-14-13-15-17-26/h13-17,24-25,27-28,31H,20-23H2,1-12H3/t24-,25-,27+,28+/m0/s1. The number of ether oxygens (including phenoxy) is 2. The van der Waals surface area contributed by atoms with Crippen molar-refractivity contribution in [3.63, 3.8) is 0 Å². The molecule has 1 aromatic rings. The van der Waals surface area contributed by atoms with E-state index in [1.165, 1.54) is 0 Å². The number of aliphatic hydroxyl groups is 1. The molecular weight excluding hydrogens is 496 g/mol. The van der Waals surface area contributed by atoms with E-state index >= 15 is 0 Å². The third-order valence-corrected chi connectivity index (χ3v) is 16.7. The molecule has 1 aromatic carbocycles. The van der Waals surface area contributed by atoms with Crippen LogP contribution in [0.15, 0.2) is 30.3 Å². The van der Waals surface area contributed by atoms with Crippen LogP contribution in [0.1, 0.15) is 67.4 Å². The van der Waals surface area contributed by atoms with E-state index in [0.29, 0.717) is 19.6 Å². The van der Waals surface area contributed by atoms with Gasteiger partial charge in [-0.2, -0.15) is 0 Å². The van der Waals surface area contributed by atoms with Crippen molar-refractivity contribution in [1.82, 2.24) is 0 Å². The molecule has 1 N–H and O–H groups in total. The van der Waals surface area contributed by atoms with Crippen molar-refractivity contribution in [1.29, 1.82) is 0 Å². The third kappa shape index (κ3) is 12.2. The summed E-state index contributed by atoms with van der Waals surface area (Å²) in [5.41, 5.74) is 1.10. The number of hydrogen-bond donors (Lipinski definition) is 1. The molecule has 0 fully saturated rings. The van der Waals surface area contributed by atoms with Crippen molar-refractivity contribution < 1.29 is 23.4 Å². The van der Waals surface area contributed by atoms with Crippen LogP contribution in [0.25, 0.3) is 0 Å². The van der Waals surface area contributed by atoms with Crippen molar-refractivity contribution in [2.45, 2.75) is 123 Å². The zero-order chi connectivity index (χ0) is 28.5. The van der Waals surface area contributed by atoms with E-state index in [1.54, 1.807) is 0 Å². The highest BCUT2D eigenvalue weighted by molar-refractivity contribution is 6.74. The number of benzene rings is 1. The number of rotatable bonds is 13. The topological polar surface area (TPSA) is 57.2 Å². The maximum atomic E-state index is 10.6. The summed E-state index contributed by atoms with van der Waals surface area (Å²) in [6, 6.07) is 9.99. The van der Waals surface area contributed by atoms with E-state index in [0.717, 1.165) is 5.56 Å². The number of hydrogen-bond acceptors (Lipinski definition) is 5. The Morgan fingerprint density at radius 3 is 1.97 bits per heavy atom. The Hall–Kier alpha value is -0.986. The van der Waals surface area contributed by atoms with Gasteiger partial charge in [0.15, 0.2) is 16.6 Å². The van der Waals surface area contributed by atoms with E-state index < -0.39 is 22.7 Å². The van der Waals surface area contributed by atoms with E-state index in [2.05, 4.69) is 86.5 Å². The van der Waals surface area contributed by atoms with Gasteiger partial charge in [0, 0.05) is 18.9 Å². The SMILES string of the molecule is C[C@@H](C[C@H](O)C#C[C@@H](O[Si](C)(C)C(C)(C)C)[C@@H](C)CO[Si](C)(C)C(C)(C)C)OCOCc1ccccc1. The molecule has 0 radical (unpaired) electrons. The van der Waals surface area contributed by atoms with Gasteiger partial charge >= 0.3 is 0 Å². The van der Waals surface area contributed by atoms with E-state index in [-0.39, 0.29) is 35.0 Å². The quantitative estimate of drug-likeness (QED) is 0.120. The second-order valence-corrected chi connectivity index (χ2v) is 22.9. The summed E-state index contributed by atoms with van der Waals surface area (Å²) in [5, 5.41) is 10.9. The smallest absolute Gasteiger partial charge is 0.193 e. The molecule has 4 atom stereocenters. The Morgan fingerprint density at radius 1 is 0.865 bits per heavy atom. The Balaban J connectivity index is 2.77. The van der Waals surface area contributed by atoms with Crippen molar-refractivity contribution >= 4 is 16.6 Å². The van der Waals surface area contributed by atoms with Gasteiger partial charge in [-0.25, -0.2) is 0 Å². The molecule has 5 nitrogen and oxygen atoms in total. The van der Waals surface area contributed by atoms with Crippen LogP contribution in [-0.4, -0.2) is 53.5 Å². The second-order valence-electron chi connectivity index (χ2n) is 13.3. The lowest BCUT2D eigenvalue weighted by atomic mass is 10.1. The van der Waals surface area contributed by atoms with Crippen LogP contribution in [0.4, 0.5) is 0 Å². The van der Waals surface area contributed by atoms with Crippen LogP contribution in [0.2, 0.25) is 36.3 Å². The molecule has 0 saturated heterocycles. The summed E-state index contributed by atoms with van der Waals surface area (Å²) in [5.74, 6) is 6.41. The lowest BCUT2D eigenvalue weighted by Crippen LogP contribution is -2.47. The maximum Gasteiger partial charge on any atom is 0.193 e. The second kappa shape index (κ2) is 14.4. The molecule has 0 unspecified atom stereocenters. The van der Waals surface area contributed by atoms with Gasteiger partial charge in [0.05, 0.1) is 12.7 Å². The van der Waals surface area contributed by atoms with Crippen molar-refractivity contribution in [2.24, 2.45) is 5.92 Å². The van der Waals surface area contributed by atoms with Crippen molar-refractivity contribution in [3.05, 3.63) is 35.9 Å². The van der Waals surface area contributed by atoms with E-state index in [1.807, 2.05) is 37.3 Å². The molecule has 0 heterocycles. The van der Waals surface area contributed by atoms with Gasteiger partial charge in [0.2, 0.25) is 0 Å². The average molecular weight is 551 g/mol. The molecule has 37 heavy (non-hydrogen) atoms. The van der Waals surface area contributed by atoms with Crippen molar-refractivity contribution in [3.8, 4) is 11.8 Å². The lowest BCUT2D eigenvalue weighted by Gasteiger charge is -2.41. The van der Waals surface area contributed by atoms with Gasteiger partial charge in [-0.05, 0) is 48.8 Å². The predicted molar refractivity (Wildman–Crippen MR) is 159 cm³/mol. The first-order valence-electron chi connectivity index (χ1n) is 13.6. The first-order valence-corrected chi connectivity index (χ1v) is 19.4. The largest absolute Gasteiger partial charge is 0.416 e. The molecule has 0 amide bonds. The Morgan fingerprint density at radius 2 is 1.43 bits per heavy atom. The summed E-state index contributed by atoms with van der Waals surface area (Å²) in [6.45, 7) is 27.8. The maximum absolute atomic E-state index is 10.6. The molecule has 7 heteroatoms. The molecular formula is C30H54O5Si2.